The fraction of sp³-hybridized carbons (Fsp3) is 0.263. The first-order valence-electron chi connectivity index (χ1n) is 7.89. The van der Waals surface area contributed by atoms with E-state index < -0.39 is 0 Å². The molecule has 0 saturated carbocycles. The summed E-state index contributed by atoms with van der Waals surface area (Å²) in [5.74, 6) is 1.52. The van der Waals surface area contributed by atoms with Crippen LogP contribution >= 0.6 is 0 Å². The summed E-state index contributed by atoms with van der Waals surface area (Å²) in [6.45, 7) is 4.38. The van der Waals surface area contributed by atoms with Crippen molar-refractivity contribution in [3.05, 3.63) is 53.6 Å². The van der Waals surface area contributed by atoms with Crippen LogP contribution in [-0.4, -0.2) is 32.4 Å². The summed E-state index contributed by atoms with van der Waals surface area (Å²) in [6.07, 6.45) is 0. The lowest BCUT2D eigenvalue weighted by Gasteiger charge is -2.09. The third-order valence-corrected chi connectivity index (χ3v) is 3.55. The molecular formula is C19H22N2O4. The number of rotatable bonds is 7. The lowest BCUT2D eigenvalue weighted by molar-refractivity contribution is 0.0954. The first kappa shape index (κ1) is 18.3. The average molecular weight is 342 g/mol. The van der Waals surface area contributed by atoms with Crippen molar-refractivity contribution in [3.63, 3.8) is 0 Å². The molecule has 0 aromatic heterocycles. The van der Waals surface area contributed by atoms with E-state index in [0.29, 0.717) is 29.4 Å². The summed E-state index contributed by atoms with van der Waals surface area (Å²) in [5, 5.41) is 4.15. The molecule has 2 rings (SSSR count). The van der Waals surface area contributed by atoms with Crippen LogP contribution in [-0.2, 0) is 0 Å². The molecule has 25 heavy (non-hydrogen) atoms. The number of hydrogen-bond acceptors (Lipinski definition) is 5. The highest BCUT2D eigenvalue weighted by Gasteiger charge is 2.10. The third-order valence-electron chi connectivity index (χ3n) is 3.55. The molecule has 6 heteroatoms. The second-order valence-corrected chi connectivity index (χ2v) is 5.17. The molecule has 0 fully saturated rings. The van der Waals surface area contributed by atoms with E-state index in [1.165, 1.54) is 7.11 Å². The molecule has 0 saturated heterocycles. The second-order valence-electron chi connectivity index (χ2n) is 5.17. The largest absolute Gasteiger partial charge is 0.494 e. The van der Waals surface area contributed by atoms with E-state index in [-0.39, 0.29) is 5.91 Å². The number of nitrogens with zero attached hydrogens (tertiary/aromatic N) is 1. The third kappa shape index (κ3) is 4.73. The maximum Gasteiger partial charge on any atom is 0.271 e. The average Bonchev–Trinajstić information content (AvgIpc) is 2.66. The Hall–Kier alpha value is -3.02. The van der Waals surface area contributed by atoms with E-state index >= 15 is 0 Å². The maximum atomic E-state index is 12.3. The summed E-state index contributed by atoms with van der Waals surface area (Å²) < 4.78 is 15.8. The zero-order chi connectivity index (χ0) is 18.2. The first-order chi connectivity index (χ1) is 12.1. The molecule has 0 aliphatic heterocycles. The van der Waals surface area contributed by atoms with Crippen molar-refractivity contribution in [2.45, 2.75) is 13.8 Å². The summed E-state index contributed by atoms with van der Waals surface area (Å²) >= 11 is 0. The van der Waals surface area contributed by atoms with Crippen LogP contribution in [0.1, 0.15) is 29.8 Å². The van der Waals surface area contributed by atoms with Gasteiger partial charge in [-0.15, -0.1) is 0 Å². The number of hydrazone groups is 1. The minimum atomic E-state index is -0.328. The van der Waals surface area contributed by atoms with Crippen LogP contribution in [0.2, 0.25) is 0 Å². The van der Waals surface area contributed by atoms with Crippen molar-refractivity contribution in [1.29, 1.82) is 0 Å². The molecule has 2 aromatic rings. The van der Waals surface area contributed by atoms with Crippen LogP contribution in [0, 0.1) is 0 Å². The molecule has 0 unspecified atom stereocenters. The highest BCUT2D eigenvalue weighted by Crippen LogP contribution is 2.27. The van der Waals surface area contributed by atoms with Gasteiger partial charge in [0.05, 0.1) is 26.5 Å². The van der Waals surface area contributed by atoms with Gasteiger partial charge in [-0.1, -0.05) is 0 Å². The molecule has 0 bridgehead atoms. The molecule has 0 atom stereocenters. The van der Waals surface area contributed by atoms with Gasteiger partial charge < -0.3 is 14.2 Å². The van der Waals surface area contributed by atoms with Crippen LogP contribution in [0.4, 0.5) is 0 Å². The predicted molar refractivity (Wildman–Crippen MR) is 96.8 cm³/mol. The molecule has 132 valence electrons. The van der Waals surface area contributed by atoms with Crippen LogP contribution < -0.4 is 19.6 Å². The zero-order valence-corrected chi connectivity index (χ0v) is 14.8. The fourth-order valence-corrected chi connectivity index (χ4v) is 2.20. The Morgan fingerprint density at radius 2 is 1.64 bits per heavy atom. The monoisotopic (exact) mass is 342 g/mol. The molecule has 0 radical (unpaired) electrons. The van der Waals surface area contributed by atoms with Crippen molar-refractivity contribution < 1.29 is 19.0 Å². The van der Waals surface area contributed by atoms with Gasteiger partial charge in [-0.05, 0) is 61.9 Å². The van der Waals surface area contributed by atoms with Gasteiger partial charge in [-0.25, -0.2) is 5.43 Å². The highest BCUT2D eigenvalue weighted by molar-refractivity contribution is 6.01. The van der Waals surface area contributed by atoms with Crippen molar-refractivity contribution in [3.8, 4) is 17.2 Å². The van der Waals surface area contributed by atoms with Crippen LogP contribution in [0.25, 0.3) is 0 Å². The minimum Gasteiger partial charge on any atom is -0.494 e. The number of ether oxygens (including phenoxy) is 3. The quantitative estimate of drug-likeness (QED) is 0.619. The van der Waals surface area contributed by atoms with Gasteiger partial charge in [0.25, 0.3) is 5.91 Å². The maximum absolute atomic E-state index is 12.3. The molecule has 6 nitrogen and oxygen atoms in total. The molecule has 0 aliphatic carbocycles. The van der Waals surface area contributed by atoms with Gasteiger partial charge in [0.1, 0.15) is 5.75 Å². The number of carbonyl (C=O) groups excluding carboxylic acids is 1. The van der Waals surface area contributed by atoms with Crippen LogP contribution in [0.3, 0.4) is 0 Å². The molecule has 0 aliphatic rings. The number of nitrogens with one attached hydrogen (secondary N) is 1. The zero-order valence-electron chi connectivity index (χ0n) is 14.8. The Kier molecular flexibility index (Phi) is 6.39. The number of amides is 1. The van der Waals surface area contributed by atoms with E-state index in [0.717, 1.165) is 11.3 Å². The van der Waals surface area contributed by atoms with Crippen LogP contribution in [0.15, 0.2) is 47.6 Å². The molecule has 1 amide bonds. The molecule has 0 spiro atoms. The lowest BCUT2D eigenvalue weighted by atomic mass is 10.1. The Morgan fingerprint density at radius 3 is 2.24 bits per heavy atom. The second kappa shape index (κ2) is 8.73. The van der Waals surface area contributed by atoms with Crippen molar-refractivity contribution in [2.24, 2.45) is 5.10 Å². The van der Waals surface area contributed by atoms with Crippen LogP contribution in [0.5, 0.6) is 17.2 Å². The van der Waals surface area contributed by atoms with Gasteiger partial charge in [0, 0.05) is 5.56 Å². The van der Waals surface area contributed by atoms with Crippen molar-refractivity contribution in [1.82, 2.24) is 5.43 Å². The lowest BCUT2D eigenvalue weighted by Crippen LogP contribution is -2.19. The van der Waals surface area contributed by atoms with Crippen molar-refractivity contribution in [2.75, 3.05) is 20.8 Å². The Bertz CT molecular complexity index is 755. The first-order valence-corrected chi connectivity index (χ1v) is 7.89. The van der Waals surface area contributed by atoms with Gasteiger partial charge in [-0.3, -0.25) is 4.79 Å². The Balaban J connectivity index is 2.08. The normalized spacial score (nSPS) is 11.0. The Labute approximate surface area is 147 Å². The van der Waals surface area contributed by atoms with E-state index in [4.69, 9.17) is 14.2 Å². The van der Waals surface area contributed by atoms with Gasteiger partial charge in [-0.2, -0.15) is 5.10 Å². The SMILES string of the molecule is CCOc1ccc(C(C)=NNC(=O)c2ccc(OC)c(OC)c2)cc1. The van der Waals surface area contributed by atoms with Gasteiger partial charge in [0.15, 0.2) is 11.5 Å². The van der Waals surface area contributed by atoms with Crippen molar-refractivity contribution >= 4 is 11.6 Å². The van der Waals surface area contributed by atoms with E-state index in [1.54, 1.807) is 25.3 Å². The Morgan fingerprint density at radius 1 is 1.00 bits per heavy atom. The van der Waals surface area contributed by atoms with Gasteiger partial charge >= 0.3 is 0 Å². The predicted octanol–water partition coefficient (Wildman–Crippen LogP) is 3.26. The summed E-state index contributed by atoms with van der Waals surface area (Å²) in [5.41, 5.74) is 4.57. The molecule has 0 heterocycles. The molecule has 2 aromatic carbocycles. The molecular weight excluding hydrogens is 320 g/mol. The van der Waals surface area contributed by atoms with E-state index in [9.17, 15) is 4.79 Å². The van der Waals surface area contributed by atoms with E-state index in [1.807, 2.05) is 38.1 Å². The number of hydrogen-bond donors (Lipinski definition) is 1. The number of benzene rings is 2. The molecule has 1 N–H and O–H groups in total. The van der Waals surface area contributed by atoms with E-state index in [2.05, 4.69) is 10.5 Å². The number of carbonyl (C=O) groups is 1. The smallest absolute Gasteiger partial charge is 0.271 e. The fourth-order valence-electron chi connectivity index (χ4n) is 2.20. The minimum absolute atomic E-state index is 0.328. The standard InChI is InChI=1S/C19H22N2O4/c1-5-25-16-9-6-14(7-10-16)13(2)20-21-19(22)15-8-11-17(23-3)18(12-15)24-4/h6-12H,5H2,1-4H3,(H,21,22). The number of methoxy groups -OCH3 is 2. The highest BCUT2D eigenvalue weighted by atomic mass is 16.5. The summed E-state index contributed by atoms with van der Waals surface area (Å²) in [7, 11) is 3.07. The topological polar surface area (TPSA) is 69.2 Å². The van der Waals surface area contributed by atoms with Gasteiger partial charge in [0.2, 0.25) is 0 Å². The summed E-state index contributed by atoms with van der Waals surface area (Å²) in [6, 6.07) is 12.5. The summed E-state index contributed by atoms with van der Waals surface area (Å²) in [4.78, 5) is 12.3.